The number of para-hydroxylation sites is 1. The molecule has 1 heterocycles. The number of nitrogens with zero attached hydrogens (tertiary/aromatic N) is 1. The van der Waals surface area contributed by atoms with Gasteiger partial charge in [-0.05, 0) is 41.0 Å². The maximum absolute atomic E-state index is 12.5. The molecule has 22 heavy (non-hydrogen) atoms. The van der Waals surface area contributed by atoms with E-state index >= 15 is 0 Å². The van der Waals surface area contributed by atoms with Crippen LogP contribution < -0.4 is 10.2 Å². The topological polar surface area (TPSA) is 32.3 Å². The van der Waals surface area contributed by atoms with Crippen molar-refractivity contribution in [3.05, 3.63) is 72.3 Å². The molecule has 3 aromatic carbocycles. The molecule has 0 atom stereocenters. The van der Waals surface area contributed by atoms with Crippen LogP contribution in [0, 0.1) is 0 Å². The number of urea groups is 1. The largest absolute Gasteiger partial charge is 0.326 e. The first kappa shape index (κ1) is 12.9. The minimum atomic E-state index is -0.0692. The molecule has 0 radical (unpaired) electrons. The summed E-state index contributed by atoms with van der Waals surface area (Å²) in [6.07, 6.45) is 0.918. The second-order valence-electron chi connectivity index (χ2n) is 5.52. The standard InChI is InChI=1S/C19H16N2O/c22-19(21-12-11-15-6-3-4-8-18(15)21)20-17-10-9-14-5-1-2-7-16(14)13-17/h1-10,13H,11-12H2,(H,20,22). The van der Waals surface area contributed by atoms with Crippen molar-refractivity contribution in [3.8, 4) is 0 Å². The number of fused-ring (bicyclic) bond motifs is 2. The zero-order valence-corrected chi connectivity index (χ0v) is 12.1. The van der Waals surface area contributed by atoms with Crippen LogP contribution >= 0.6 is 0 Å². The van der Waals surface area contributed by atoms with Crippen molar-refractivity contribution in [1.82, 2.24) is 0 Å². The predicted octanol–water partition coefficient (Wildman–Crippen LogP) is 4.43. The lowest BCUT2D eigenvalue weighted by Gasteiger charge is -2.18. The van der Waals surface area contributed by atoms with Crippen molar-refractivity contribution < 1.29 is 4.79 Å². The predicted molar refractivity (Wildman–Crippen MR) is 90.5 cm³/mol. The van der Waals surface area contributed by atoms with Gasteiger partial charge in [-0.2, -0.15) is 0 Å². The molecule has 0 bridgehead atoms. The van der Waals surface area contributed by atoms with Crippen LogP contribution in [0.25, 0.3) is 10.8 Å². The minimum Gasteiger partial charge on any atom is -0.308 e. The lowest BCUT2D eigenvalue weighted by molar-refractivity contribution is 0.257. The number of rotatable bonds is 1. The highest BCUT2D eigenvalue weighted by Crippen LogP contribution is 2.28. The Morgan fingerprint density at radius 1 is 0.909 bits per heavy atom. The number of carbonyl (C=O) groups is 1. The first-order chi connectivity index (χ1) is 10.8. The van der Waals surface area contributed by atoms with E-state index in [2.05, 4.69) is 23.5 Å². The van der Waals surface area contributed by atoms with Crippen LogP contribution in [0.3, 0.4) is 0 Å². The maximum atomic E-state index is 12.5. The van der Waals surface area contributed by atoms with E-state index in [0.717, 1.165) is 29.7 Å². The van der Waals surface area contributed by atoms with Crippen molar-refractivity contribution in [1.29, 1.82) is 0 Å². The summed E-state index contributed by atoms with van der Waals surface area (Å²) in [6, 6.07) is 22.1. The first-order valence-electron chi connectivity index (χ1n) is 7.46. The number of anilines is 2. The van der Waals surface area contributed by atoms with Crippen LogP contribution in [0.5, 0.6) is 0 Å². The number of hydrogen-bond acceptors (Lipinski definition) is 1. The van der Waals surface area contributed by atoms with E-state index in [1.54, 1.807) is 0 Å². The van der Waals surface area contributed by atoms with Gasteiger partial charge in [0.25, 0.3) is 0 Å². The normalized spacial score (nSPS) is 13.2. The van der Waals surface area contributed by atoms with Gasteiger partial charge in [0.2, 0.25) is 0 Å². The highest BCUT2D eigenvalue weighted by molar-refractivity contribution is 6.04. The van der Waals surface area contributed by atoms with E-state index in [1.807, 2.05) is 53.4 Å². The summed E-state index contributed by atoms with van der Waals surface area (Å²) >= 11 is 0. The molecule has 0 saturated carbocycles. The zero-order valence-electron chi connectivity index (χ0n) is 12.1. The molecular formula is C19H16N2O. The molecule has 0 spiro atoms. The van der Waals surface area contributed by atoms with E-state index in [0.29, 0.717) is 0 Å². The van der Waals surface area contributed by atoms with Gasteiger partial charge in [0, 0.05) is 17.9 Å². The second kappa shape index (κ2) is 5.19. The van der Waals surface area contributed by atoms with Crippen LogP contribution in [-0.4, -0.2) is 12.6 Å². The third kappa shape index (κ3) is 2.21. The Labute approximate surface area is 129 Å². The quantitative estimate of drug-likeness (QED) is 0.705. The van der Waals surface area contributed by atoms with Crippen LogP contribution in [0.2, 0.25) is 0 Å². The Morgan fingerprint density at radius 2 is 1.68 bits per heavy atom. The summed E-state index contributed by atoms with van der Waals surface area (Å²) in [5.41, 5.74) is 3.07. The van der Waals surface area contributed by atoms with Gasteiger partial charge in [-0.1, -0.05) is 48.5 Å². The molecule has 3 aromatic rings. The second-order valence-corrected chi connectivity index (χ2v) is 5.52. The Kier molecular flexibility index (Phi) is 3.04. The van der Waals surface area contributed by atoms with Crippen molar-refractivity contribution in [3.63, 3.8) is 0 Å². The monoisotopic (exact) mass is 288 g/mol. The third-order valence-electron chi connectivity index (χ3n) is 4.13. The SMILES string of the molecule is O=C(Nc1ccc2ccccc2c1)N1CCc2ccccc21. The number of hydrogen-bond donors (Lipinski definition) is 1. The molecule has 4 rings (SSSR count). The summed E-state index contributed by atoms with van der Waals surface area (Å²) in [5, 5.41) is 5.30. The van der Waals surface area contributed by atoms with Gasteiger partial charge in [0.1, 0.15) is 0 Å². The van der Waals surface area contributed by atoms with Crippen LogP contribution in [0.4, 0.5) is 16.2 Å². The molecule has 3 heteroatoms. The molecule has 2 amide bonds. The summed E-state index contributed by atoms with van der Waals surface area (Å²) < 4.78 is 0. The summed E-state index contributed by atoms with van der Waals surface area (Å²) in [5.74, 6) is 0. The number of amides is 2. The van der Waals surface area contributed by atoms with E-state index in [9.17, 15) is 4.79 Å². The Hall–Kier alpha value is -2.81. The summed E-state index contributed by atoms with van der Waals surface area (Å²) in [6.45, 7) is 0.735. The van der Waals surface area contributed by atoms with Gasteiger partial charge in [-0.3, -0.25) is 4.90 Å². The fourth-order valence-corrected chi connectivity index (χ4v) is 3.01. The molecular weight excluding hydrogens is 272 g/mol. The molecule has 1 N–H and O–H groups in total. The van der Waals surface area contributed by atoms with E-state index < -0.39 is 0 Å². The summed E-state index contributed by atoms with van der Waals surface area (Å²) in [7, 11) is 0. The molecule has 1 aliphatic rings. The van der Waals surface area contributed by atoms with Gasteiger partial charge >= 0.3 is 6.03 Å². The van der Waals surface area contributed by atoms with Crippen LogP contribution in [-0.2, 0) is 6.42 Å². The highest BCUT2D eigenvalue weighted by Gasteiger charge is 2.23. The molecule has 108 valence electrons. The van der Waals surface area contributed by atoms with Crippen LogP contribution in [0.15, 0.2) is 66.7 Å². The number of carbonyl (C=O) groups excluding carboxylic acids is 1. The number of nitrogens with one attached hydrogen (secondary N) is 1. The van der Waals surface area contributed by atoms with E-state index in [-0.39, 0.29) is 6.03 Å². The van der Waals surface area contributed by atoms with Gasteiger partial charge in [0.15, 0.2) is 0 Å². The first-order valence-corrected chi connectivity index (χ1v) is 7.46. The Bertz CT molecular complexity index is 857. The van der Waals surface area contributed by atoms with Gasteiger partial charge < -0.3 is 5.32 Å². The highest BCUT2D eigenvalue weighted by atomic mass is 16.2. The third-order valence-corrected chi connectivity index (χ3v) is 4.13. The molecule has 0 saturated heterocycles. The number of benzene rings is 3. The van der Waals surface area contributed by atoms with Crippen molar-refractivity contribution in [2.75, 3.05) is 16.8 Å². The van der Waals surface area contributed by atoms with Crippen molar-refractivity contribution in [2.45, 2.75) is 6.42 Å². The van der Waals surface area contributed by atoms with E-state index in [1.165, 1.54) is 10.9 Å². The van der Waals surface area contributed by atoms with Crippen molar-refractivity contribution in [2.24, 2.45) is 0 Å². The molecule has 0 unspecified atom stereocenters. The van der Waals surface area contributed by atoms with E-state index in [4.69, 9.17) is 0 Å². The Balaban J connectivity index is 1.59. The van der Waals surface area contributed by atoms with Crippen LogP contribution in [0.1, 0.15) is 5.56 Å². The lowest BCUT2D eigenvalue weighted by atomic mass is 10.1. The average Bonchev–Trinajstić information content (AvgIpc) is 2.99. The van der Waals surface area contributed by atoms with Gasteiger partial charge in [-0.15, -0.1) is 0 Å². The zero-order chi connectivity index (χ0) is 14.9. The molecule has 0 aliphatic carbocycles. The maximum Gasteiger partial charge on any atom is 0.326 e. The molecule has 3 nitrogen and oxygen atoms in total. The average molecular weight is 288 g/mol. The Morgan fingerprint density at radius 3 is 2.59 bits per heavy atom. The van der Waals surface area contributed by atoms with Crippen molar-refractivity contribution >= 4 is 28.2 Å². The smallest absolute Gasteiger partial charge is 0.308 e. The minimum absolute atomic E-state index is 0.0692. The molecule has 1 aliphatic heterocycles. The van der Waals surface area contributed by atoms with Gasteiger partial charge in [-0.25, -0.2) is 4.79 Å². The molecule has 0 fully saturated rings. The summed E-state index contributed by atoms with van der Waals surface area (Å²) in [4.78, 5) is 14.3. The fraction of sp³-hybridized carbons (Fsp3) is 0.105. The molecule has 0 aromatic heterocycles. The fourth-order valence-electron chi connectivity index (χ4n) is 3.01. The lowest BCUT2D eigenvalue weighted by Crippen LogP contribution is -2.33. The van der Waals surface area contributed by atoms with Gasteiger partial charge in [0.05, 0.1) is 0 Å².